The maximum absolute atomic E-state index is 12.9. The first-order valence-electron chi connectivity index (χ1n) is 4.81. The number of rotatable bonds is 5. The molecule has 0 aromatic carbocycles. The minimum absolute atomic E-state index is 0.0831. The summed E-state index contributed by atoms with van der Waals surface area (Å²) >= 11 is 0. The fourth-order valence-electron chi connectivity index (χ4n) is 1.02. The number of hydrogen-bond acceptors (Lipinski definition) is 1. The van der Waals surface area contributed by atoms with Crippen LogP contribution in [0.3, 0.4) is 0 Å². The molecule has 0 bridgehead atoms. The fourth-order valence-corrected chi connectivity index (χ4v) is 1.02. The van der Waals surface area contributed by atoms with E-state index in [1.54, 1.807) is 6.20 Å². The van der Waals surface area contributed by atoms with Crippen LogP contribution in [0, 0.1) is 0 Å². The number of halogens is 2. The molecule has 0 aliphatic heterocycles. The van der Waals surface area contributed by atoms with E-state index in [0.717, 1.165) is 13.5 Å². The third kappa shape index (κ3) is 3.90. The van der Waals surface area contributed by atoms with Crippen molar-refractivity contribution in [3.63, 3.8) is 0 Å². The summed E-state index contributed by atoms with van der Waals surface area (Å²) in [6.45, 7) is 8.94. The van der Waals surface area contributed by atoms with Crippen molar-refractivity contribution in [2.45, 2.75) is 33.1 Å². The molecule has 3 heteroatoms. The topological polar surface area (TPSA) is 3.24 Å². The molecule has 0 radical (unpaired) electrons. The summed E-state index contributed by atoms with van der Waals surface area (Å²) in [5.41, 5.74) is 0.530. The second-order valence-electron chi connectivity index (χ2n) is 3.45. The van der Waals surface area contributed by atoms with Gasteiger partial charge in [0, 0.05) is 32.3 Å². The van der Waals surface area contributed by atoms with Crippen LogP contribution in [0.4, 0.5) is 8.78 Å². The fraction of sp³-hybridized carbons (Fsp3) is 0.636. The molecule has 0 saturated heterocycles. The van der Waals surface area contributed by atoms with E-state index in [9.17, 15) is 8.78 Å². The van der Waals surface area contributed by atoms with Gasteiger partial charge in [-0.3, -0.25) is 0 Å². The van der Waals surface area contributed by atoms with Gasteiger partial charge in [-0.05, 0) is 18.9 Å². The summed E-state index contributed by atoms with van der Waals surface area (Å²) in [5, 5.41) is 0. The summed E-state index contributed by atoms with van der Waals surface area (Å²) in [6, 6.07) is 0. The summed E-state index contributed by atoms with van der Waals surface area (Å²) in [6.07, 6.45) is 2.31. The van der Waals surface area contributed by atoms with E-state index in [1.165, 1.54) is 0 Å². The zero-order valence-corrected chi connectivity index (χ0v) is 9.40. The van der Waals surface area contributed by atoms with E-state index in [1.807, 2.05) is 25.8 Å². The normalized spacial score (nSPS) is 12.9. The molecule has 14 heavy (non-hydrogen) atoms. The van der Waals surface area contributed by atoms with Crippen LogP contribution in [-0.4, -0.2) is 24.4 Å². The lowest BCUT2D eigenvalue weighted by molar-refractivity contribution is 0.0659. The van der Waals surface area contributed by atoms with Crippen LogP contribution in [0.2, 0.25) is 0 Å². The number of nitrogens with zero attached hydrogens (tertiary/aromatic N) is 1. The summed E-state index contributed by atoms with van der Waals surface area (Å²) in [4.78, 5) is 1.87. The highest BCUT2D eigenvalue weighted by atomic mass is 19.3. The average Bonchev–Trinajstić information content (AvgIpc) is 2.11. The molecule has 0 saturated carbocycles. The number of hydrogen-bond donors (Lipinski definition) is 0. The molecule has 0 aliphatic rings. The van der Waals surface area contributed by atoms with Crippen LogP contribution in [-0.2, 0) is 0 Å². The van der Waals surface area contributed by atoms with Crippen LogP contribution in [0.5, 0.6) is 0 Å². The average molecular weight is 203 g/mol. The van der Waals surface area contributed by atoms with Gasteiger partial charge in [0.25, 0.3) is 5.92 Å². The van der Waals surface area contributed by atoms with Crippen molar-refractivity contribution >= 4 is 0 Å². The molecule has 0 fully saturated rings. The molecule has 0 amide bonds. The van der Waals surface area contributed by atoms with E-state index in [-0.39, 0.29) is 5.57 Å². The lowest BCUT2D eigenvalue weighted by Gasteiger charge is -2.19. The zero-order valence-electron chi connectivity index (χ0n) is 9.40. The lowest BCUT2D eigenvalue weighted by atomic mass is 10.0. The molecule has 0 aliphatic carbocycles. The SMILES string of the molecule is C=C(/C(=C\N(C)CC)CC)C(C)(F)F. The Bertz CT molecular complexity index is 226. The second kappa shape index (κ2) is 5.13. The maximum Gasteiger partial charge on any atom is 0.270 e. The standard InChI is InChI=1S/C11H19F2N/c1-6-10(8-14(5)7-2)9(3)11(4,12)13/h8H,3,6-7H2,1-2,4-5H3/b10-8-. The predicted octanol–water partition coefficient (Wildman–Crippen LogP) is 3.44. The van der Waals surface area contributed by atoms with Gasteiger partial charge in [-0.1, -0.05) is 13.5 Å². The molecule has 0 atom stereocenters. The van der Waals surface area contributed by atoms with Gasteiger partial charge in [-0.15, -0.1) is 0 Å². The molecule has 0 unspecified atom stereocenters. The summed E-state index contributed by atoms with van der Waals surface area (Å²) in [7, 11) is 1.86. The third-order valence-electron chi connectivity index (χ3n) is 2.17. The molecule has 0 heterocycles. The Morgan fingerprint density at radius 1 is 1.43 bits per heavy atom. The van der Waals surface area contributed by atoms with Gasteiger partial charge >= 0.3 is 0 Å². The Morgan fingerprint density at radius 3 is 2.21 bits per heavy atom. The van der Waals surface area contributed by atoms with Gasteiger partial charge in [0.05, 0.1) is 0 Å². The Labute approximate surface area is 85.1 Å². The van der Waals surface area contributed by atoms with Gasteiger partial charge in [0.1, 0.15) is 0 Å². The van der Waals surface area contributed by atoms with E-state index in [0.29, 0.717) is 12.0 Å². The molecular formula is C11H19F2N. The van der Waals surface area contributed by atoms with Crippen LogP contribution in [0.15, 0.2) is 23.9 Å². The third-order valence-corrected chi connectivity index (χ3v) is 2.17. The Morgan fingerprint density at radius 2 is 1.93 bits per heavy atom. The van der Waals surface area contributed by atoms with Gasteiger partial charge in [0.2, 0.25) is 0 Å². The Kier molecular flexibility index (Phi) is 4.81. The Hall–Kier alpha value is -0.860. The van der Waals surface area contributed by atoms with Crippen LogP contribution in [0.1, 0.15) is 27.2 Å². The van der Waals surface area contributed by atoms with Gasteiger partial charge in [-0.25, -0.2) is 8.78 Å². The highest BCUT2D eigenvalue weighted by Crippen LogP contribution is 2.29. The molecular weight excluding hydrogens is 184 g/mol. The zero-order chi connectivity index (χ0) is 11.4. The van der Waals surface area contributed by atoms with Crippen molar-refractivity contribution in [2.24, 2.45) is 0 Å². The van der Waals surface area contributed by atoms with Crippen molar-refractivity contribution in [1.82, 2.24) is 4.90 Å². The van der Waals surface area contributed by atoms with E-state index in [4.69, 9.17) is 0 Å². The maximum atomic E-state index is 12.9. The minimum atomic E-state index is -2.82. The monoisotopic (exact) mass is 203 g/mol. The quantitative estimate of drug-likeness (QED) is 0.619. The predicted molar refractivity (Wildman–Crippen MR) is 56.4 cm³/mol. The molecule has 1 nitrogen and oxygen atoms in total. The first-order chi connectivity index (χ1) is 6.32. The summed E-state index contributed by atoms with van der Waals surface area (Å²) in [5.74, 6) is -2.82. The lowest BCUT2D eigenvalue weighted by Crippen LogP contribution is -2.17. The smallest absolute Gasteiger partial charge is 0.270 e. The van der Waals surface area contributed by atoms with Crippen molar-refractivity contribution in [2.75, 3.05) is 13.6 Å². The first kappa shape index (κ1) is 13.1. The van der Waals surface area contributed by atoms with Crippen molar-refractivity contribution in [1.29, 1.82) is 0 Å². The molecule has 82 valence electrons. The van der Waals surface area contributed by atoms with E-state index < -0.39 is 5.92 Å². The second-order valence-corrected chi connectivity index (χ2v) is 3.45. The highest BCUT2D eigenvalue weighted by Gasteiger charge is 2.27. The van der Waals surface area contributed by atoms with E-state index >= 15 is 0 Å². The Balaban J connectivity index is 4.74. The van der Waals surface area contributed by atoms with Crippen LogP contribution >= 0.6 is 0 Å². The van der Waals surface area contributed by atoms with Gasteiger partial charge < -0.3 is 4.90 Å². The number of alkyl halides is 2. The molecule has 0 aromatic rings. The first-order valence-corrected chi connectivity index (χ1v) is 4.81. The highest BCUT2D eigenvalue weighted by molar-refractivity contribution is 5.32. The molecule has 0 rings (SSSR count). The van der Waals surface area contributed by atoms with Crippen molar-refractivity contribution in [3.05, 3.63) is 23.9 Å². The van der Waals surface area contributed by atoms with Crippen LogP contribution < -0.4 is 0 Å². The molecule has 0 aromatic heterocycles. The number of allylic oxidation sites excluding steroid dienone is 2. The van der Waals surface area contributed by atoms with Gasteiger partial charge in [-0.2, -0.15) is 0 Å². The van der Waals surface area contributed by atoms with Crippen LogP contribution in [0.25, 0.3) is 0 Å². The summed E-state index contributed by atoms with van der Waals surface area (Å²) < 4.78 is 25.9. The minimum Gasteiger partial charge on any atom is -0.380 e. The van der Waals surface area contributed by atoms with E-state index in [2.05, 4.69) is 6.58 Å². The largest absolute Gasteiger partial charge is 0.380 e. The molecule has 0 N–H and O–H groups in total. The van der Waals surface area contributed by atoms with Gasteiger partial charge in [0.15, 0.2) is 0 Å². The van der Waals surface area contributed by atoms with Crippen molar-refractivity contribution < 1.29 is 8.78 Å². The van der Waals surface area contributed by atoms with Crippen molar-refractivity contribution in [3.8, 4) is 0 Å². The molecule has 0 spiro atoms.